The number of aromatic nitrogens is 1. The van der Waals surface area contributed by atoms with Crippen LogP contribution in [-0.4, -0.2) is 11.6 Å². The number of benzene rings is 1. The number of pyridine rings is 1. The molecule has 0 atom stereocenters. The van der Waals surface area contributed by atoms with Crippen LogP contribution >= 0.6 is 0 Å². The normalized spacial score (nSPS) is 10.9. The third-order valence-electron chi connectivity index (χ3n) is 2.18. The van der Waals surface area contributed by atoms with E-state index in [1.54, 1.807) is 6.20 Å². The van der Waals surface area contributed by atoms with E-state index in [4.69, 9.17) is 4.74 Å². The van der Waals surface area contributed by atoms with Crippen LogP contribution in [0.5, 0.6) is 5.75 Å². The minimum absolute atomic E-state index is 0.539. The van der Waals surface area contributed by atoms with Gasteiger partial charge in [-0.05, 0) is 24.1 Å². The first-order chi connectivity index (χ1) is 7.27. The number of para-hydroxylation sites is 1. The van der Waals surface area contributed by atoms with Gasteiger partial charge in [0, 0.05) is 11.6 Å². The number of rotatable bonds is 3. The molecule has 0 saturated heterocycles. The van der Waals surface area contributed by atoms with Gasteiger partial charge in [-0.15, -0.1) is 0 Å². The van der Waals surface area contributed by atoms with Gasteiger partial charge in [0.15, 0.2) is 0 Å². The number of fused-ring (bicyclic) bond motifs is 1. The fourth-order valence-electron chi connectivity index (χ4n) is 1.45. The van der Waals surface area contributed by atoms with Crippen LogP contribution in [0, 0.1) is 5.92 Å². The minimum Gasteiger partial charge on any atom is -0.493 e. The molecule has 2 nitrogen and oxygen atoms in total. The van der Waals surface area contributed by atoms with Crippen molar-refractivity contribution in [1.82, 2.24) is 4.98 Å². The van der Waals surface area contributed by atoms with Crippen LogP contribution < -0.4 is 4.74 Å². The van der Waals surface area contributed by atoms with Gasteiger partial charge in [0.05, 0.1) is 12.1 Å². The number of nitrogens with zero attached hydrogens (tertiary/aromatic N) is 1. The molecule has 1 aromatic carbocycles. The zero-order valence-electron chi connectivity index (χ0n) is 9.10. The lowest BCUT2D eigenvalue weighted by Gasteiger charge is -2.10. The summed E-state index contributed by atoms with van der Waals surface area (Å²) < 4.78 is 5.74. The van der Waals surface area contributed by atoms with Gasteiger partial charge in [0.1, 0.15) is 5.75 Å². The summed E-state index contributed by atoms with van der Waals surface area (Å²) in [6.45, 7) is 5.03. The summed E-state index contributed by atoms with van der Waals surface area (Å²) >= 11 is 0. The average Bonchev–Trinajstić information content (AvgIpc) is 2.26. The lowest BCUT2D eigenvalue weighted by atomic mass is 10.2. The Kier molecular flexibility index (Phi) is 2.86. The molecule has 0 saturated carbocycles. The molecular weight excluding hydrogens is 186 g/mol. The molecule has 1 heterocycles. The van der Waals surface area contributed by atoms with E-state index in [1.165, 1.54) is 0 Å². The van der Waals surface area contributed by atoms with Crippen LogP contribution in [0.1, 0.15) is 13.8 Å². The highest BCUT2D eigenvalue weighted by molar-refractivity contribution is 5.84. The molecule has 0 N–H and O–H groups in total. The molecule has 0 radical (unpaired) electrons. The maximum atomic E-state index is 5.74. The summed E-state index contributed by atoms with van der Waals surface area (Å²) in [5.74, 6) is 1.46. The Morgan fingerprint density at radius 1 is 1.20 bits per heavy atom. The lowest BCUT2D eigenvalue weighted by molar-refractivity contribution is 0.274. The minimum atomic E-state index is 0.539. The Bertz CT molecular complexity index is 446. The number of ether oxygens (including phenoxy) is 1. The van der Waals surface area contributed by atoms with Crippen molar-refractivity contribution in [3.63, 3.8) is 0 Å². The molecule has 0 amide bonds. The molecule has 0 spiro atoms. The Morgan fingerprint density at radius 2 is 2.00 bits per heavy atom. The summed E-state index contributed by atoms with van der Waals surface area (Å²) in [7, 11) is 0. The molecule has 15 heavy (non-hydrogen) atoms. The fraction of sp³-hybridized carbons (Fsp3) is 0.308. The highest BCUT2D eigenvalue weighted by atomic mass is 16.5. The van der Waals surface area contributed by atoms with E-state index in [0.717, 1.165) is 23.3 Å². The molecule has 2 heteroatoms. The molecule has 0 aliphatic rings. The summed E-state index contributed by atoms with van der Waals surface area (Å²) in [4.78, 5) is 4.29. The summed E-state index contributed by atoms with van der Waals surface area (Å²) in [5.41, 5.74) is 0.985. The molecule has 0 bridgehead atoms. The highest BCUT2D eigenvalue weighted by Crippen LogP contribution is 2.23. The maximum Gasteiger partial charge on any atom is 0.130 e. The highest BCUT2D eigenvalue weighted by Gasteiger charge is 2.02. The van der Waals surface area contributed by atoms with E-state index >= 15 is 0 Å². The molecule has 78 valence electrons. The maximum absolute atomic E-state index is 5.74. The predicted molar refractivity (Wildman–Crippen MR) is 62.1 cm³/mol. The van der Waals surface area contributed by atoms with E-state index in [2.05, 4.69) is 18.8 Å². The predicted octanol–water partition coefficient (Wildman–Crippen LogP) is 3.27. The Balaban J connectivity index is 2.34. The fourth-order valence-corrected chi connectivity index (χ4v) is 1.45. The zero-order chi connectivity index (χ0) is 10.7. The molecule has 1 aromatic heterocycles. The second-order valence-corrected chi connectivity index (χ2v) is 4.03. The smallest absolute Gasteiger partial charge is 0.130 e. The first-order valence-electron chi connectivity index (χ1n) is 5.24. The molecule has 0 unspecified atom stereocenters. The van der Waals surface area contributed by atoms with Gasteiger partial charge < -0.3 is 4.74 Å². The lowest BCUT2D eigenvalue weighted by Crippen LogP contribution is -2.04. The van der Waals surface area contributed by atoms with Crippen molar-refractivity contribution in [1.29, 1.82) is 0 Å². The number of hydrogen-bond acceptors (Lipinski definition) is 2. The topological polar surface area (TPSA) is 22.1 Å². The second kappa shape index (κ2) is 4.30. The van der Waals surface area contributed by atoms with E-state index in [-0.39, 0.29) is 0 Å². The Morgan fingerprint density at radius 3 is 2.80 bits per heavy atom. The average molecular weight is 201 g/mol. The van der Waals surface area contributed by atoms with Crippen molar-refractivity contribution in [2.24, 2.45) is 5.92 Å². The molecule has 0 fully saturated rings. The van der Waals surface area contributed by atoms with Gasteiger partial charge in [-0.3, -0.25) is 4.98 Å². The van der Waals surface area contributed by atoms with Crippen LogP contribution in [0.25, 0.3) is 10.9 Å². The van der Waals surface area contributed by atoms with Crippen LogP contribution in [0.3, 0.4) is 0 Å². The van der Waals surface area contributed by atoms with Gasteiger partial charge in [-0.1, -0.05) is 26.0 Å². The molecule has 2 aromatic rings. The van der Waals surface area contributed by atoms with Crippen molar-refractivity contribution < 1.29 is 4.74 Å². The van der Waals surface area contributed by atoms with E-state index in [0.29, 0.717) is 5.92 Å². The third kappa shape index (κ3) is 2.27. The standard InChI is InChI=1S/C13H15NO/c1-10(2)9-15-13-7-8-14-12-6-4-3-5-11(12)13/h3-8,10H,9H2,1-2H3. The Labute approximate surface area is 89.9 Å². The summed E-state index contributed by atoms with van der Waals surface area (Å²) in [6, 6.07) is 9.95. The third-order valence-corrected chi connectivity index (χ3v) is 2.18. The Hall–Kier alpha value is -1.57. The first-order valence-corrected chi connectivity index (χ1v) is 5.24. The van der Waals surface area contributed by atoms with Gasteiger partial charge in [-0.25, -0.2) is 0 Å². The van der Waals surface area contributed by atoms with E-state index in [9.17, 15) is 0 Å². The van der Waals surface area contributed by atoms with Gasteiger partial charge in [0.25, 0.3) is 0 Å². The van der Waals surface area contributed by atoms with E-state index in [1.807, 2.05) is 30.3 Å². The molecular formula is C13H15NO. The van der Waals surface area contributed by atoms with E-state index < -0.39 is 0 Å². The van der Waals surface area contributed by atoms with Crippen LogP contribution in [0.4, 0.5) is 0 Å². The van der Waals surface area contributed by atoms with Crippen molar-refractivity contribution >= 4 is 10.9 Å². The van der Waals surface area contributed by atoms with Crippen molar-refractivity contribution in [2.45, 2.75) is 13.8 Å². The molecule has 0 aliphatic heterocycles. The largest absolute Gasteiger partial charge is 0.493 e. The van der Waals surface area contributed by atoms with Crippen molar-refractivity contribution in [3.8, 4) is 5.75 Å². The van der Waals surface area contributed by atoms with Gasteiger partial charge in [0.2, 0.25) is 0 Å². The number of hydrogen-bond donors (Lipinski definition) is 0. The summed E-state index contributed by atoms with van der Waals surface area (Å²) in [5, 5.41) is 1.08. The van der Waals surface area contributed by atoms with Crippen molar-refractivity contribution in [3.05, 3.63) is 36.5 Å². The van der Waals surface area contributed by atoms with Crippen molar-refractivity contribution in [2.75, 3.05) is 6.61 Å². The SMILES string of the molecule is CC(C)COc1ccnc2ccccc12. The van der Waals surface area contributed by atoms with Crippen LogP contribution in [-0.2, 0) is 0 Å². The first kappa shape index (κ1) is 9.97. The molecule has 0 aliphatic carbocycles. The monoisotopic (exact) mass is 201 g/mol. The zero-order valence-corrected chi connectivity index (χ0v) is 9.10. The second-order valence-electron chi connectivity index (χ2n) is 4.03. The van der Waals surface area contributed by atoms with Gasteiger partial charge >= 0.3 is 0 Å². The van der Waals surface area contributed by atoms with Gasteiger partial charge in [-0.2, -0.15) is 0 Å². The summed E-state index contributed by atoms with van der Waals surface area (Å²) in [6.07, 6.45) is 1.79. The van der Waals surface area contributed by atoms with Crippen LogP contribution in [0.15, 0.2) is 36.5 Å². The van der Waals surface area contributed by atoms with Crippen LogP contribution in [0.2, 0.25) is 0 Å². The quantitative estimate of drug-likeness (QED) is 0.760. The molecule has 2 rings (SSSR count).